The van der Waals surface area contributed by atoms with Gasteiger partial charge in [-0.3, -0.25) is 14.5 Å². The van der Waals surface area contributed by atoms with Gasteiger partial charge in [0.05, 0.1) is 0 Å². The second kappa shape index (κ2) is 12.1. The van der Waals surface area contributed by atoms with Crippen molar-refractivity contribution in [2.75, 3.05) is 0 Å². The summed E-state index contributed by atoms with van der Waals surface area (Å²) in [7, 11) is 0. The number of alkyl carbamates (subject to hydrolysis) is 1. The van der Waals surface area contributed by atoms with Crippen LogP contribution in [-0.2, 0) is 20.7 Å². The van der Waals surface area contributed by atoms with Crippen molar-refractivity contribution in [3.8, 4) is 18.2 Å². The van der Waals surface area contributed by atoms with Gasteiger partial charge in [-0.15, -0.1) is 0 Å². The highest BCUT2D eigenvalue weighted by Gasteiger charge is 2.36. The molecule has 3 N–H and O–H groups in total. The molecule has 36 heavy (non-hydrogen) atoms. The molecule has 0 aliphatic heterocycles. The summed E-state index contributed by atoms with van der Waals surface area (Å²) in [5.74, 6) is -1.03. The minimum Gasteiger partial charge on any atom is -0.508 e. The van der Waals surface area contributed by atoms with Crippen molar-refractivity contribution < 1.29 is 24.2 Å². The van der Waals surface area contributed by atoms with Gasteiger partial charge in [0.25, 0.3) is 5.91 Å². The number of phenols is 1. The zero-order valence-electron chi connectivity index (χ0n) is 21.7. The van der Waals surface area contributed by atoms with E-state index in [2.05, 4.69) is 16.7 Å². The lowest BCUT2D eigenvalue weighted by Crippen LogP contribution is -2.52. The molecule has 0 radical (unpaired) electrons. The first-order chi connectivity index (χ1) is 16.8. The Kier molecular flexibility index (Phi) is 9.51. The molecule has 2 aromatic carbocycles. The number of amides is 3. The van der Waals surface area contributed by atoms with Crippen LogP contribution in [0, 0.1) is 19.4 Å². The molecule has 8 heteroatoms. The molecule has 2 rings (SSSR count). The summed E-state index contributed by atoms with van der Waals surface area (Å²) >= 11 is 0. The van der Waals surface area contributed by atoms with E-state index in [1.165, 1.54) is 12.1 Å². The van der Waals surface area contributed by atoms with Crippen molar-refractivity contribution in [1.29, 1.82) is 0 Å². The highest BCUT2D eigenvalue weighted by molar-refractivity contribution is 5.93. The maximum atomic E-state index is 13.8. The van der Waals surface area contributed by atoms with Crippen molar-refractivity contribution >= 4 is 17.9 Å². The van der Waals surface area contributed by atoms with Gasteiger partial charge in [0.15, 0.2) is 0 Å². The number of nitrogens with one attached hydrogen (secondary N) is 2. The first-order valence-electron chi connectivity index (χ1n) is 11.7. The number of terminal acetylenes is 1. The molecule has 0 aliphatic carbocycles. The Bertz CT molecular complexity index is 1110. The van der Waals surface area contributed by atoms with Crippen LogP contribution in [0.5, 0.6) is 5.75 Å². The molecule has 0 aliphatic rings. The van der Waals surface area contributed by atoms with Crippen molar-refractivity contribution in [3.05, 3.63) is 65.2 Å². The summed E-state index contributed by atoms with van der Waals surface area (Å²) in [6.45, 7) is 10.6. The topological polar surface area (TPSA) is 108 Å². The molecule has 0 aromatic heterocycles. The van der Waals surface area contributed by atoms with E-state index in [-0.39, 0.29) is 18.2 Å². The van der Waals surface area contributed by atoms with Crippen LogP contribution in [0.1, 0.15) is 57.4 Å². The molecule has 0 heterocycles. The van der Waals surface area contributed by atoms with Crippen LogP contribution in [0.15, 0.2) is 48.5 Å². The number of hydrogen-bond donors (Lipinski definition) is 3. The maximum Gasteiger partial charge on any atom is 0.408 e. The third kappa shape index (κ3) is 8.35. The minimum absolute atomic E-state index is 0.0584. The quantitative estimate of drug-likeness (QED) is 0.383. The molecule has 2 unspecified atom stereocenters. The number of benzene rings is 2. The van der Waals surface area contributed by atoms with E-state index in [0.29, 0.717) is 11.1 Å². The van der Waals surface area contributed by atoms with Crippen LogP contribution < -0.4 is 10.6 Å². The zero-order valence-corrected chi connectivity index (χ0v) is 21.7. The minimum atomic E-state index is -1.14. The van der Waals surface area contributed by atoms with Crippen molar-refractivity contribution in [1.82, 2.24) is 15.5 Å². The molecule has 0 fully saturated rings. The molecule has 8 nitrogen and oxygen atoms in total. The number of carbonyl (C=O) groups excluding carboxylic acids is 3. The largest absolute Gasteiger partial charge is 0.508 e. The molecule has 0 spiro atoms. The SMILES string of the molecule is C#CN(C(=O)C(Cc1ccc(O)cc1)NC(=O)OC(C)(C)C)C(C(=O)NC(C)C)c1cccc(C)c1. The van der Waals surface area contributed by atoms with E-state index in [0.717, 1.165) is 10.5 Å². The van der Waals surface area contributed by atoms with E-state index in [4.69, 9.17) is 11.2 Å². The zero-order chi connectivity index (χ0) is 27.0. The Morgan fingerprint density at radius 3 is 2.25 bits per heavy atom. The van der Waals surface area contributed by atoms with E-state index in [1.54, 1.807) is 51.1 Å². The van der Waals surface area contributed by atoms with Crippen LogP contribution in [0.4, 0.5) is 4.79 Å². The second-order valence-corrected chi connectivity index (χ2v) is 9.89. The number of ether oxygens (including phenoxy) is 1. The number of hydrogen-bond acceptors (Lipinski definition) is 5. The normalized spacial score (nSPS) is 12.7. The number of carbonyl (C=O) groups is 3. The van der Waals surface area contributed by atoms with Crippen LogP contribution in [0.3, 0.4) is 0 Å². The van der Waals surface area contributed by atoms with Crippen LogP contribution in [0.25, 0.3) is 0 Å². The lowest BCUT2D eigenvalue weighted by Gasteiger charge is -2.31. The fraction of sp³-hybridized carbons (Fsp3) is 0.393. The molecular weight excluding hydrogens is 458 g/mol. The highest BCUT2D eigenvalue weighted by Crippen LogP contribution is 2.24. The van der Waals surface area contributed by atoms with Gasteiger partial charge in [-0.2, -0.15) is 0 Å². The Morgan fingerprint density at radius 1 is 1.08 bits per heavy atom. The molecular formula is C28H35N3O5. The van der Waals surface area contributed by atoms with Gasteiger partial charge >= 0.3 is 6.09 Å². The molecule has 3 amide bonds. The van der Waals surface area contributed by atoms with E-state index >= 15 is 0 Å². The first kappa shape index (κ1) is 28.2. The fourth-order valence-electron chi connectivity index (χ4n) is 3.57. The summed E-state index contributed by atoms with van der Waals surface area (Å²) in [4.78, 5) is 40.7. The average Bonchev–Trinajstić information content (AvgIpc) is 2.76. The smallest absolute Gasteiger partial charge is 0.408 e. The predicted molar refractivity (Wildman–Crippen MR) is 138 cm³/mol. The molecule has 2 aromatic rings. The molecule has 0 saturated carbocycles. The Labute approximate surface area is 213 Å². The number of phenolic OH excluding ortho intramolecular Hbond substituents is 1. The van der Waals surface area contributed by atoms with Crippen LogP contribution in [0.2, 0.25) is 0 Å². The van der Waals surface area contributed by atoms with Crippen molar-refractivity contribution in [2.24, 2.45) is 0 Å². The Balaban J connectivity index is 2.48. The van der Waals surface area contributed by atoms with Gasteiger partial charge in [-0.05, 0) is 64.8 Å². The van der Waals surface area contributed by atoms with E-state index < -0.39 is 35.6 Å². The van der Waals surface area contributed by atoms with Gasteiger partial charge in [0.2, 0.25) is 5.91 Å². The monoisotopic (exact) mass is 493 g/mol. The first-order valence-corrected chi connectivity index (χ1v) is 11.7. The summed E-state index contributed by atoms with van der Waals surface area (Å²) in [6, 6.07) is 13.3. The van der Waals surface area contributed by atoms with E-state index in [1.807, 2.05) is 26.8 Å². The standard InChI is InChI=1S/C28H35N3O5/c1-8-31(24(25(33)29-18(2)3)21-11-9-10-19(4)16-21)26(34)23(30-27(35)36-28(5,6)7)17-20-12-14-22(32)15-13-20/h1,9-16,18,23-24,32H,17H2,2-7H3,(H,29,33)(H,30,35). The maximum absolute atomic E-state index is 13.8. The second-order valence-electron chi connectivity index (χ2n) is 9.89. The Hall–Kier alpha value is -3.99. The third-order valence-corrected chi connectivity index (χ3v) is 5.04. The van der Waals surface area contributed by atoms with Gasteiger partial charge < -0.3 is 20.5 Å². The van der Waals surface area contributed by atoms with Crippen LogP contribution >= 0.6 is 0 Å². The van der Waals surface area contributed by atoms with Gasteiger partial charge in [0.1, 0.15) is 23.4 Å². The number of rotatable bonds is 8. The van der Waals surface area contributed by atoms with E-state index in [9.17, 15) is 19.5 Å². The fourth-order valence-corrected chi connectivity index (χ4v) is 3.57. The molecule has 192 valence electrons. The molecule has 2 atom stereocenters. The molecule has 0 bridgehead atoms. The lowest BCUT2D eigenvalue weighted by molar-refractivity contribution is -0.138. The number of aromatic hydroxyl groups is 1. The van der Waals surface area contributed by atoms with Crippen molar-refractivity contribution in [2.45, 2.75) is 71.7 Å². The summed E-state index contributed by atoms with van der Waals surface area (Å²) in [5, 5.41) is 15.1. The number of nitrogens with zero attached hydrogens (tertiary/aromatic N) is 1. The lowest BCUT2D eigenvalue weighted by atomic mass is 9.99. The van der Waals surface area contributed by atoms with Crippen LogP contribution in [-0.4, -0.2) is 45.6 Å². The molecule has 0 saturated heterocycles. The summed E-state index contributed by atoms with van der Waals surface area (Å²) in [5.41, 5.74) is 1.31. The summed E-state index contributed by atoms with van der Waals surface area (Å²) in [6.07, 6.45) is 5.06. The van der Waals surface area contributed by atoms with Gasteiger partial charge in [-0.25, -0.2) is 4.79 Å². The van der Waals surface area contributed by atoms with Gasteiger partial charge in [-0.1, -0.05) is 48.4 Å². The highest BCUT2D eigenvalue weighted by atomic mass is 16.6. The summed E-state index contributed by atoms with van der Waals surface area (Å²) < 4.78 is 5.36. The van der Waals surface area contributed by atoms with Crippen molar-refractivity contribution in [3.63, 3.8) is 0 Å². The van der Waals surface area contributed by atoms with Gasteiger partial charge in [0, 0.05) is 18.5 Å². The third-order valence-electron chi connectivity index (χ3n) is 5.04. The average molecular weight is 494 g/mol. The predicted octanol–water partition coefficient (Wildman–Crippen LogP) is 3.82. The number of aryl methyl sites for hydroxylation is 1. The Morgan fingerprint density at radius 2 is 1.72 bits per heavy atom.